The predicted molar refractivity (Wildman–Crippen MR) is 58.3 cm³/mol. The first-order valence-corrected chi connectivity index (χ1v) is 5.09. The molecule has 1 heterocycles. The van der Waals surface area contributed by atoms with E-state index in [1.165, 1.54) is 0 Å². The van der Waals surface area contributed by atoms with Crippen molar-refractivity contribution < 1.29 is 4.84 Å². The number of aryl methyl sites for hydroxylation is 1. The summed E-state index contributed by atoms with van der Waals surface area (Å²) in [6.07, 6.45) is 4.47. The normalized spacial score (nSPS) is 10.2. The number of nitrogens with zero attached hydrogens (tertiary/aromatic N) is 2. The smallest absolute Gasteiger partial charge is 0.144 e. The highest BCUT2D eigenvalue weighted by molar-refractivity contribution is 5.13. The predicted octanol–water partition coefficient (Wildman–Crippen LogP) is 2.07. The van der Waals surface area contributed by atoms with Gasteiger partial charge in [0.15, 0.2) is 0 Å². The second-order valence-corrected chi connectivity index (χ2v) is 3.28. The SMILES string of the molecule is CCc1nccn1OCc1ccccc1. The Kier molecular flexibility index (Phi) is 3.02. The lowest BCUT2D eigenvalue weighted by Gasteiger charge is -2.08. The number of rotatable bonds is 4. The summed E-state index contributed by atoms with van der Waals surface area (Å²) in [5, 5.41) is 0. The van der Waals surface area contributed by atoms with Gasteiger partial charge in [-0.2, -0.15) is 4.73 Å². The van der Waals surface area contributed by atoms with E-state index in [1.807, 2.05) is 36.5 Å². The van der Waals surface area contributed by atoms with Gasteiger partial charge in [0.05, 0.1) is 6.20 Å². The maximum atomic E-state index is 5.61. The zero-order valence-corrected chi connectivity index (χ0v) is 8.76. The topological polar surface area (TPSA) is 27.1 Å². The van der Waals surface area contributed by atoms with Gasteiger partial charge in [0.25, 0.3) is 0 Å². The van der Waals surface area contributed by atoms with E-state index >= 15 is 0 Å². The second kappa shape index (κ2) is 4.64. The summed E-state index contributed by atoms with van der Waals surface area (Å²) in [5.74, 6) is 0.950. The third-order valence-electron chi connectivity index (χ3n) is 2.21. The lowest BCUT2D eigenvalue weighted by Crippen LogP contribution is -2.13. The summed E-state index contributed by atoms with van der Waals surface area (Å²) in [5.41, 5.74) is 1.16. The van der Waals surface area contributed by atoms with Crippen molar-refractivity contribution in [2.75, 3.05) is 0 Å². The van der Waals surface area contributed by atoms with Gasteiger partial charge in [-0.15, -0.1) is 0 Å². The van der Waals surface area contributed by atoms with Crippen molar-refractivity contribution in [3.8, 4) is 0 Å². The fourth-order valence-corrected chi connectivity index (χ4v) is 1.41. The molecule has 0 N–H and O–H groups in total. The van der Waals surface area contributed by atoms with Crippen LogP contribution in [0.4, 0.5) is 0 Å². The lowest BCUT2D eigenvalue weighted by molar-refractivity contribution is 0.0906. The van der Waals surface area contributed by atoms with Gasteiger partial charge in [-0.3, -0.25) is 0 Å². The Morgan fingerprint density at radius 3 is 2.80 bits per heavy atom. The summed E-state index contributed by atoms with van der Waals surface area (Å²) in [6, 6.07) is 10.1. The summed E-state index contributed by atoms with van der Waals surface area (Å²) >= 11 is 0. The van der Waals surface area contributed by atoms with Crippen LogP contribution in [0.3, 0.4) is 0 Å². The monoisotopic (exact) mass is 202 g/mol. The first kappa shape index (κ1) is 9.77. The van der Waals surface area contributed by atoms with Gasteiger partial charge in [0, 0.05) is 12.6 Å². The van der Waals surface area contributed by atoms with Gasteiger partial charge >= 0.3 is 0 Å². The zero-order valence-electron chi connectivity index (χ0n) is 8.76. The molecule has 1 aromatic carbocycles. The Labute approximate surface area is 89.3 Å². The first-order chi connectivity index (χ1) is 7.40. The van der Waals surface area contributed by atoms with Gasteiger partial charge in [-0.25, -0.2) is 4.98 Å². The van der Waals surface area contributed by atoms with E-state index in [1.54, 1.807) is 10.9 Å². The van der Waals surface area contributed by atoms with Crippen LogP contribution in [0.25, 0.3) is 0 Å². The molecule has 0 atom stereocenters. The van der Waals surface area contributed by atoms with Crippen LogP contribution >= 0.6 is 0 Å². The third-order valence-corrected chi connectivity index (χ3v) is 2.21. The molecule has 0 saturated carbocycles. The average molecular weight is 202 g/mol. The fourth-order valence-electron chi connectivity index (χ4n) is 1.41. The van der Waals surface area contributed by atoms with Crippen LogP contribution in [-0.4, -0.2) is 9.71 Å². The van der Waals surface area contributed by atoms with Crippen LogP contribution in [0.15, 0.2) is 42.7 Å². The molecular formula is C12H14N2O. The Morgan fingerprint density at radius 1 is 1.27 bits per heavy atom. The zero-order chi connectivity index (χ0) is 10.5. The van der Waals surface area contributed by atoms with Gasteiger partial charge in [-0.1, -0.05) is 37.3 Å². The lowest BCUT2D eigenvalue weighted by atomic mass is 10.2. The molecule has 0 bridgehead atoms. The van der Waals surface area contributed by atoms with E-state index in [2.05, 4.69) is 11.9 Å². The van der Waals surface area contributed by atoms with Crippen molar-refractivity contribution in [1.29, 1.82) is 0 Å². The number of hydrogen-bond acceptors (Lipinski definition) is 2. The molecule has 3 heteroatoms. The molecule has 0 saturated heterocycles. The quantitative estimate of drug-likeness (QED) is 0.759. The molecule has 0 spiro atoms. The van der Waals surface area contributed by atoms with E-state index in [9.17, 15) is 0 Å². The fraction of sp³-hybridized carbons (Fsp3) is 0.250. The highest BCUT2D eigenvalue weighted by Crippen LogP contribution is 2.01. The molecule has 2 rings (SSSR count). The minimum atomic E-state index is 0.574. The van der Waals surface area contributed by atoms with Crippen molar-refractivity contribution >= 4 is 0 Å². The summed E-state index contributed by atoms with van der Waals surface area (Å²) in [6.45, 7) is 2.63. The molecule has 2 aromatic rings. The van der Waals surface area contributed by atoms with Crippen molar-refractivity contribution in [1.82, 2.24) is 9.71 Å². The highest BCUT2D eigenvalue weighted by Gasteiger charge is 2.00. The molecule has 0 aliphatic heterocycles. The number of imidazole rings is 1. The van der Waals surface area contributed by atoms with Crippen LogP contribution in [0, 0.1) is 0 Å². The van der Waals surface area contributed by atoms with E-state index in [0.717, 1.165) is 17.8 Å². The Bertz CT molecular complexity index is 409. The maximum Gasteiger partial charge on any atom is 0.144 e. The average Bonchev–Trinajstić information content (AvgIpc) is 2.75. The molecule has 15 heavy (non-hydrogen) atoms. The van der Waals surface area contributed by atoms with Gasteiger partial charge in [-0.05, 0) is 5.56 Å². The van der Waals surface area contributed by atoms with Crippen molar-refractivity contribution in [2.24, 2.45) is 0 Å². The van der Waals surface area contributed by atoms with Crippen LogP contribution in [0.1, 0.15) is 18.3 Å². The Balaban J connectivity index is 1.99. The molecule has 0 fully saturated rings. The minimum Gasteiger partial charge on any atom is -0.408 e. The summed E-state index contributed by atoms with van der Waals surface area (Å²) in [4.78, 5) is 9.79. The minimum absolute atomic E-state index is 0.574. The van der Waals surface area contributed by atoms with Gasteiger partial charge in [0.2, 0.25) is 0 Å². The number of benzene rings is 1. The Hall–Kier alpha value is -1.77. The van der Waals surface area contributed by atoms with Crippen LogP contribution < -0.4 is 4.84 Å². The van der Waals surface area contributed by atoms with Crippen LogP contribution in [0.5, 0.6) is 0 Å². The highest BCUT2D eigenvalue weighted by atomic mass is 16.7. The van der Waals surface area contributed by atoms with Crippen LogP contribution in [0.2, 0.25) is 0 Å². The van der Waals surface area contributed by atoms with Gasteiger partial charge < -0.3 is 4.84 Å². The molecule has 3 nitrogen and oxygen atoms in total. The van der Waals surface area contributed by atoms with E-state index in [4.69, 9.17) is 4.84 Å². The van der Waals surface area contributed by atoms with Crippen LogP contribution in [-0.2, 0) is 13.0 Å². The third kappa shape index (κ3) is 2.37. The second-order valence-electron chi connectivity index (χ2n) is 3.28. The Morgan fingerprint density at radius 2 is 2.07 bits per heavy atom. The summed E-state index contributed by atoms with van der Waals surface area (Å²) in [7, 11) is 0. The summed E-state index contributed by atoms with van der Waals surface area (Å²) < 4.78 is 1.73. The molecule has 0 aliphatic rings. The maximum absolute atomic E-state index is 5.61. The molecule has 0 unspecified atom stereocenters. The van der Waals surface area contributed by atoms with Crippen molar-refractivity contribution in [3.63, 3.8) is 0 Å². The van der Waals surface area contributed by atoms with Crippen molar-refractivity contribution in [2.45, 2.75) is 20.0 Å². The first-order valence-electron chi connectivity index (χ1n) is 5.09. The standard InChI is InChI=1S/C12H14N2O/c1-2-12-13-8-9-14(12)15-10-11-6-4-3-5-7-11/h3-9H,2,10H2,1H3. The molecule has 0 radical (unpaired) electrons. The van der Waals surface area contributed by atoms with E-state index in [-0.39, 0.29) is 0 Å². The molecule has 1 aromatic heterocycles. The molecule has 78 valence electrons. The molecular weight excluding hydrogens is 188 g/mol. The van der Waals surface area contributed by atoms with E-state index in [0.29, 0.717) is 6.61 Å². The number of aromatic nitrogens is 2. The molecule has 0 amide bonds. The number of hydrogen-bond donors (Lipinski definition) is 0. The van der Waals surface area contributed by atoms with Gasteiger partial charge in [0.1, 0.15) is 12.4 Å². The largest absolute Gasteiger partial charge is 0.408 e. The van der Waals surface area contributed by atoms with Crippen molar-refractivity contribution in [3.05, 3.63) is 54.1 Å². The van der Waals surface area contributed by atoms with E-state index < -0.39 is 0 Å². The molecule has 0 aliphatic carbocycles.